The summed E-state index contributed by atoms with van der Waals surface area (Å²) in [7, 11) is 0. The summed E-state index contributed by atoms with van der Waals surface area (Å²) in [6, 6.07) is 6.85. The molecule has 1 aromatic carbocycles. The highest BCUT2D eigenvalue weighted by Crippen LogP contribution is 2.28. The molecule has 0 bridgehead atoms. The largest absolute Gasteiger partial charge is 0.492 e. The first-order chi connectivity index (χ1) is 12.9. The van der Waals surface area contributed by atoms with Gasteiger partial charge in [0, 0.05) is 21.8 Å². The van der Waals surface area contributed by atoms with Crippen LogP contribution in [0, 0.1) is 6.92 Å². The number of aromatic carboxylic acids is 1. The molecule has 0 radical (unpaired) electrons. The van der Waals surface area contributed by atoms with Crippen LogP contribution in [0.5, 0.6) is 5.75 Å². The van der Waals surface area contributed by atoms with Crippen LogP contribution in [-0.4, -0.2) is 32.2 Å². The molecular formula is C19H17Cl2N3O3. The van der Waals surface area contributed by atoms with Gasteiger partial charge in [0.05, 0.1) is 25.0 Å². The molecule has 1 N–H and O–H groups in total. The van der Waals surface area contributed by atoms with Crippen LogP contribution in [-0.2, 0) is 6.54 Å². The van der Waals surface area contributed by atoms with E-state index in [0.29, 0.717) is 45.0 Å². The molecule has 3 rings (SSSR count). The molecular weight excluding hydrogens is 389 g/mol. The van der Waals surface area contributed by atoms with E-state index in [1.165, 1.54) is 0 Å². The van der Waals surface area contributed by atoms with Crippen molar-refractivity contribution in [2.24, 2.45) is 0 Å². The SMILES string of the molecule is CCOc1cncc(-c2nc(C)c(C(=O)O)n2Cc2cc(Cl)ccc2Cl)c1. The molecule has 0 fully saturated rings. The number of carboxylic acid groups (broad SMARTS) is 1. The zero-order chi connectivity index (χ0) is 19.6. The number of pyridine rings is 1. The number of imidazole rings is 1. The Bertz CT molecular complexity index is 1000. The Kier molecular flexibility index (Phi) is 5.68. The number of rotatable bonds is 6. The number of aryl methyl sites for hydroxylation is 1. The first-order valence-electron chi connectivity index (χ1n) is 8.23. The fraction of sp³-hybridized carbons (Fsp3) is 0.211. The lowest BCUT2D eigenvalue weighted by Gasteiger charge is -2.13. The van der Waals surface area contributed by atoms with Crippen LogP contribution in [0.2, 0.25) is 10.0 Å². The monoisotopic (exact) mass is 405 g/mol. The minimum Gasteiger partial charge on any atom is -0.492 e. The van der Waals surface area contributed by atoms with E-state index in [-0.39, 0.29) is 12.2 Å². The summed E-state index contributed by atoms with van der Waals surface area (Å²) < 4.78 is 7.09. The number of hydrogen-bond donors (Lipinski definition) is 1. The third-order valence-corrected chi connectivity index (χ3v) is 4.57. The standard InChI is InChI=1S/C19H17Cl2N3O3/c1-3-27-15-7-12(8-22-9-15)18-23-11(2)17(19(25)26)24(18)10-13-6-14(20)4-5-16(13)21/h4-9H,3,10H2,1-2H3,(H,25,26). The molecule has 0 aliphatic carbocycles. The Hall–Kier alpha value is -2.57. The number of carbonyl (C=O) groups is 1. The van der Waals surface area contributed by atoms with Gasteiger partial charge in [0.2, 0.25) is 0 Å². The van der Waals surface area contributed by atoms with Crippen LogP contribution >= 0.6 is 23.2 Å². The second kappa shape index (κ2) is 7.98. The summed E-state index contributed by atoms with van der Waals surface area (Å²) in [5.74, 6) is -0.0202. The normalized spacial score (nSPS) is 10.8. The molecule has 3 aromatic rings. The Morgan fingerprint density at radius 3 is 2.74 bits per heavy atom. The van der Waals surface area contributed by atoms with E-state index < -0.39 is 5.97 Å². The van der Waals surface area contributed by atoms with Crippen LogP contribution in [0.1, 0.15) is 28.7 Å². The van der Waals surface area contributed by atoms with Crippen molar-refractivity contribution in [1.82, 2.24) is 14.5 Å². The molecule has 0 atom stereocenters. The fourth-order valence-corrected chi connectivity index (χ4v) is 3.21. The molecule has 8 heteroatoms. The first-order valence-corrected chi connectivity index (χ1v) is 8.98. The molecule has 0 aliphatic rings. The molecule has 0 amide bonds. The molecule has 0 saturated carbocycles. The molecule has 27 heavy (non-hydrogen) atoms. The molecule has 0 aliphatic heterocycles. The molecule has 2 heterocycles. The van der Waals surface area contributed by atoms with Gasteiger partial charge in [-0.05, 0) is 43.7 Å². The van der Waals surface area contributed by atoms with Crippen molar-refractivity contribution in [2.75, 3.05) is 6.61 Å². The van der Waals surface area contributed by atoms with Crippen molar-refractivity contribution in [2.45, 2.75) is 20.4 Å². The number of hydrogen-bond acceptors (Lipinski definition) is 4. The first kappa shape index (κ1) is 19.2. The van der Waals surface area contributed by atoms with Gasteiger partial charge in [-0.1, -0.05) is 23.2 Å². The van der Waals surface area contributed by atoms with E-state index in [1.54, 1.807) is 48.1 Å². The summed E-state index contributed by atoms with van der Waals surface area (Å²) in [4.78, 5) is 20.5. The van der Waals surface area contributed by atoms with E-state index in [0.717, 1.165) is 0 Å². The lowest BCUT2D eigenvalue weighted by molar-refractivity contribution is 0.0685. The lowest BCUT2D eigenvalue weighted by atomic mass is 10.2. The van der Waals surface area contributed by atoms with Gasteiger partial charge in [-0.15, -0.1) is 0 Å². The average molecular weight is 406 g/mol. The van der Waals surface area contributed by atoms with Crippen molar-refractivity contribution >= 4 is 29.2 Å². The van der Waals surface area contributed by atoms with Gasteiger partial charge in [-0.25, -0.2) is 9.78 Å². The maximum absolute atomic E-state index is 11.8. The van der Waals surface area contributed by atoms with Gasteiger partial charge in [0.1, 0.15) is 11.6 Å². The maximum atomic E-state index is 11.8. The van der Waals surface area contributed by atoms with Crippen molar-refractivity contribution < 1.29 is 14.6 Å². The van der Waals surface area contributed by atoms with E-state index in [4.69, 9.17) is 27.9 Å². The Balaban J connectivity index is 2.15. The molecule has 0 saturated heterocycles. The fourth-order valence-electron chi connectivity index (χ4n) is 2.84. The molecule has 140 valence electrons. The number of benzene rings is 1. The number of nitrogens with zero attached hydrogens (tertiary/aromatic N) is 3. The zero-order valence-corrected chi connectivity index (χ0v) is 16.3. The van der Waals surface area contributed by atoms with Crippen LogP contribution in [0.3, 0.4) is 0 Å². The topological polar surface area (TPSA) is 77.2 Å². The van der Waals surface area contributed by atoms with E-state index in [1.807, 2.05) is 6.92 Å². The lowest BCUT2D eigenvalue weighted by Crippen LogP contribution is -2.12. The van der Waals surface area contributed by atoms with Crippen LogP contribution in [0.25, 0.3) is 11.4 Å². The Morgan fingerprint density at radius 1 is 1.26 bits per heavy atom. The number of ether oxygens (including phenoxy) is 1. The summed E-state index contributed by atoms with van der Waals surface area (Å²) in [6.45, 7) is 4.23. The minimum absolute atomic E-state index is 0.0860. The van der Waals surface area contributed by atoms with Crippen molar-refractivity contribution in [3.63, 3.8) is 0 Å². The van der Waals surface area contributed by atoms with Crippen LogP contribution < -0.4 is 4.74 Å². The average Bonchev–Trinajstić information content (AvgIpc) is 2.95. The third-order valence-electron chi connectivity index (χ3n) is 3.96. The summed E-state index contributed by atoms with van der Waals surface area (Å²) in [5, 5.41) is 10.7. The van der Waals surface area contributed by atoms with Gasteiger partial charge < -0.3 is 14.4 Å². The van der Waals surface area contributed by atoms with Crippen LogP contribution in [0.4, 0.5) is 0 Å². The van der Waals surface area contributed by atoms with Crippen molar-refractivity contribution in [1.29, 1.82) is 0 Å². The zero-order valence-electron chi connectivity index (χ0n) is 14.7. The van der Waals surface area contributed by atoms with Gasteiger partial charge in [-0.3, -0.25) is 4.98 Å². The van der Waals surface area contributed by atoms with E-state index >= 15 is 0 Å². The third kappa shape index (κ3) is 4.07. The van der Waals surface area contributed by atoms with Gasteiger partial charge in [0.15, 0.2) is 5.69 Å². The highest BCUT2D eigenvalue weighted by Gasteiger charge is 2.22. The minimum atomic E-state index is -1.07. The van der Waals surface area contributed by atoms with Crippen molar-refractivity contribution in [3.8, 4) is 17.1 Å². The number of aromatic nitrogens is 3. The molecule has 0 spiro atoms. The second-order valence-corrected chi connectivity index (χ2v) is 6.68. The molecule has 6 nitrogen and oxygen atoms in total. The second-order valence-electron chi connectivity index (χ2n) is 5.84. The predicted molar refractivity (Wildman–Crippen MR) is 104 cm³/mol. The summed E-state index contributed by atoms with van der Waals surface area (Å²) >= 11 is 12.4. The van der Waals surface area contributed by atoms with Gasteiger partial charge in [-0.2, -0.15) is 0 Å². The Labute approximate surface area is 166 Å². The summed E-state index contributed by atoms with van der Waals surface area (Å²) in [5.41, 5.74) is 1.83. The van der Waals surface area contributed by atoms with E-state index in [2.05, 4.69) is 9.97 Å². The molecule has 2 aromatic heterocycles. The quantitative estimate of drug-likeness (QED) is 0.642. The maximum Gasteiger partial charge on any atom is 0.354 e. The molecule has 0 unspecified atom stereocenters. The number of halogens is 2. The predicted octanol–water partition coefficient (Wildman–Crippen LogP) is 4.71. The Morgan fingerprint density at radius 2 is 2.04 bits per heavy atom. The van der Waals surface area contributed by atoms with Gasteiger partial charge in [0.25, 0.3) is 0 Å². The highest BCUT2D eigenvalue weighted by atomic mass is 35.5. The highest BCUT2D eigenvalue weighted by molar-refractivity contribution is 6.33. The smallest absolute Gasteiger partial charge is 0.354 e. The van der Waals surface area contributed by atoms with Crippen LogP contribution in [0.15, 0.2) is 36.7 Å². The number of carboxylic acids is 1. The van der Waals surface area contributed by atoms with E-state index in [9.17, 15) is 9.90 Å². The van der Waals surface area contributed by atoms with Gasteiger partial charge >= 0.3 is 5.97 Å². The van der Waals surface area contributed by atoms with Crippen molar-refractivity contribution in [3.05, 3.63) is 63.7 Å². The summed E-state index contributed by atoms with van der Waals surface area (Å²) in [6.07, 6.45) is 3.21.